The van der Waals surface area contributed by atoms with Gasteiger partial charge in [-0.05, 0) is 36.4 Å². The third kappa shape index (κ3) is 3.44. The highest BCUT2D eigenvalue weighted by atomic mass is 35.5. The molecule has 3 aromatic rings. The maximum atomic E-state index is 11.6. The zero-order valence-electron chi connectivity index (χ0n) is 13.5. The van der Waals surface area contributed by atoms with Gasteiger partial charge in [-0.1, -0.05) is 11.6 Å². The molecule has 128 valence electrons. The number of nitrogens with zero attached hydrogens (tertiary/aromatic N) is 1. The van der Waals surface area contributed by atoms with Gasteiger partial charge in [-0.15, -0.1) is 0 Å². The van der Waals surface area contributed by atoms with E-state index < -0.39 is 5.97 Å². The Hall–Kier alpha value is -2.99. The van der Waals surface area contributed by atoms with Crippen molar-refractivity contribution >= 4 is 40.0 Å². The van der Waals surface area contributed by atoms with E-state index in [0.717, 1.165) is 0 Å². The van der Waals surface area contributed by atoms with Crippen LogP contribution in [0.3, 0.4) is 0 Å². The van der Waals surface area contributed by atoms with Crippen molar-refractivity contribution in [3.8, 4) is 11.5 Å². The van der Waals surface area contributed by atoms with Crippen molar-refractivity contribution < 1.29 is 19.4 Å². The molecule has 0 atom stereocenters. The zero-order valence-corrected chi connectivity index (χ0v) is 14.3. The van der Waals surface area contributed by atoms with Gasteiger partial charge in [0.2, 0.25) is 0 Å². The molecule has 0 spiro atoms. The van der Waals surface area contributed by atoms with Gasteiger partial charge in [0.15, 0.2) is 0 Å². The summed E-state index contributed by atoms with van der Waals surface area (Å²) in [6.07, 6.45) is 0. The minimum absolute atomic E-state index is 0.0414. The number of anilines is 2. The molecule has 0 aliphatic carbocycles. The van der Waals surface area contributed by atoms with E-state index in [0.29, 0.717) is 33.1 Å². The minimum Gasteiger partial charge on any atom is -0.497 e. The average Bonchev–Trinajstić information content (AvgIpc) is 2.60. The van der Waals surface area contributed by atoms with Crippen LogP contribution in [-0.2, 0) is 0 Å². The number of fused-ring (bicyclic) bond motifs is 1. The first-order valence-electron chi connectivity index (χ1n) is 7.34. The molecule has 0 aliphatic heterocycles. The van der Waals surface area contributed by atoms with Crippen molar-refractivity contribution in [2.24, 2.45) is 0 Å². The maximum Gasteiger partial charge on any atom is 0.339 e. The Morgan fingerprint density at radius 1 is 1.12 bits per heavy atom. The van der Waals surface area contributed by atoms with Crippen LogP contribution in [-0.4, -0.2) is 30.3 Å². The van der Waals surface area contributed by atoms with E-state index in [1.165, 1.54) is 7.11 Å². The second kappa shape index (κ2) is 6.86. The lowest BCUT2D eigenvalue weighted by Gasteiger charge is -2.14. The third-order valence-corrected chi connectivity index (χ3v) is 3.90. The monoisotopic (exact) mass is 358 g/mol. The molecule has 2 aromatic carbocycles. The number of carboxylic acid groups (broad SMARTS) is 1. The molecule has 0 saturated carbocycles. The molecule has 0 aliphatic rings. The lowest BCUT2D eigenvalue weighted by Crippen LogP contribution is -2.06. The molecule has 0 fully saturated rings. The molecule has 0 unspecified atom stereocenters. The number of rotatable bonds is 5. The molecule has 6 nitrogen and oxygen atoms in total. The summed E-state index contributed by atoms with van der Waals surface area (Å²) in [5, 5.41) is 13.7. The van der Waals surface area contributed by atoms with Crippen molar-refractivity contribution in [2.45, 2.75) is 0 Å². The SMILES string of the molecule is COc1ccc2cc(C(=O)O)c(Nc3cc(Cl)ccc3OC)nc2c1. The van der Waals surface area contributed by atoms with Gasteiger partial charge < -0.3 is 19.9 Å². The Morgan fingerprint density at radius 3 is 2.60 bits per heavy atom. The van der Waals surface area contributed by atoms with Crippen LogP contribution in [0.2, 0.25) is 5.02 Å². The molecule has 1 heterocycles. The molecular formula is C18H15ClN2O4. The molecule has 2 N–H and O–H groups in total. The summed E-state index contributed by atoms with van der Waals surface area (Å²) in [6.45, 7) is 0. The Labute approximate surface area is 149 Å². The Morgan fingerprint density at radius 2 is 1.92 bits per heavy atom. The fraction of sp³-hybridized carbons (Fsp3) is 0.111. The number of nitrogens with one attached hydrogen (secondary N) is 1. The van der Waals surface area contributed by atoms with Crippen LogP contribution in [0.25, 0.3) is 10.9 Å². The van der Waals surface area contributed by atoms with Gasteiger partial charge in [0.25, 0.3) is 0 Å². The summed E-state index contributed by atoms with van der Waals surface area (Å²) in [5.41, 5.74) is 1.17. The molecule has 25 heavy (non-hydrogen) atoms. The summed E-state index contributed by atoms with van der Waals surface area (Å²) in [4.78, 5) is 16.1. The lowest BCUT2D eigenvalue weighted by molar-refractivity contribution is 0.0698. The largest absolute Gasteiger partial charge is 0.497 e. The van der Waals surface area contributed by atoms with E-state index in [9.17, 15) is 9.90 Å². The van der Waals surface area contributed by atoms with Crippen molar-refractivity contribution in [1.82, 2.24) is 4.98 Å². The number of methoxy groups -OCH3 is 2. The van der Waals surface area contributed by atoms with Crippen LogP contribution in [0, 0.1) is 0 Å². The zero-order chi connectivity index (χ0) is 18.0. The number of carboxylic acids is 1. The Kier molecular flexibility index (Phi) is 4.63. The normalized spacial score (nSPS) is 10.5. The number of hydrogen-bond donors (Lipinski definition) is 2. The smallest absolute Gasteiger partial charge is 0.339 e. The minimum atomic E-state index is -1.09. The fourth-order valence-corrected chi connectivity index (χ4v) is 2.61. The van der Waals surface area contributed by atoms with Gasteiger partial charge in [-0.2, -0.15) is 0 Å². The molecule has 1 aromatic heterocycles. The number of aromatic nitrogens is 1. The molecular weight excluding hydrogens is 344 g/mol. The number of ether oxygens (including phenoxy) is 2. The van der Waals surface area contributed by atoms with Gasteiger partial charge in [0.05, 0.1) is 25.4 Å². The number of aromatic carboxylic acids is 1. The van der Waals surface area contributed by atoms with Crippen LogP contribution in [0.15, 0.2) is 42.5 Å². The average molecular weight is 359 g/mol. The van der Waals surface area contributed by atoms with Crippen molar-refractivity contribution in [3.05, 3.63) is 53.1 Å². The number of benzene rings is 2. The quantitative estimate of drug-likeness (QED) is 0.705. The van der Waals surface area contributed by atoms with E-state index >= 15 is 0 Å². The second-order valence-corrected chi connectivity index (χ2v) is 5.65. The number of carbonyl (C=O) groups is 1. The van der Waals surface area contributed by atoms with Gasteiger partial charge in [0.1, 0.15) is 22.9 Å². The molecule has 3 rings (SSSR count). The number of hydrogen-bond acceptors (Lipinski definition) is 5. The van der Waals surface area contributed by atoms with E-state index in [1.54, 1.807) is 49.6 Å². The van der Waals surface area contributed by atoms with E-state index in [2.05, 4.69) is 10.3 Å². The molecule has 0 radical (unpaired) electrons. The van der Waals surface area contributed by atoms with Crippen molar-refractivity contribution in [1.29, 1.82) is 0 Å². The predicted octanol–water partition coefficient (Wildman–Crippen LogP) is 4.35. The summed E-state index contributed by atoms with van der Waals surface area (Å²) < 4.78 is 10.5. The highest BCUT2D eigenvalue weighted by Crippen LogP contribution is 2.32. The van der Waals surface area contributed by atoms with Gasteiger partial charge in [-0.3, -0.25) is 0 Å². The van der Waals surface area contributed by atoms with Crippen LogP contribution >= 0.6 is 11.6 Å². The van der Waals surface area contributed by atoms with Crippen LogP contribution in [0.5, 0.6) is 11.5 Å². The highest BCUT2D eigenvalue weighted by Gasteiger charge is 2.16. The topological polar surface area (TPSA) is 80.7 Å². The first-order chi connectivity index (χ1) is 12.0. The van der Waals surface area contributed by atoms with Gasteiger partial charge >= 0.3 is 5.97 Å². The van der Waals surface area contributed by atoms with Crippen LogP contribution in [0.4, 0.5) is 11.5 Å². The third-order valence-electron chi connectivity index (χ3n) is 3.67. The first-order valence-corrected chi connectivity index (χ1v) is 7.72. The van der Waals surface area contributed by atoms with Crippen LogP contribution in [0.1, 0.15) is 10.4 Å². The predicted molar refractivity (Wildman–Crippen MR) is 96.5 cm³/mol. The lowest BCUT2D eigenvalue weighted by atomic mass is 10.1. The van der Waals surface area contributed by atoms with Gasteiger partial charge in [-0.25, -0.2) is 9.78 Å². The number of pyridine rings is 1. The first kappa shape index (κ1) is 16.9. The standard InChI is InChI=1S/C18H15ClN2O4/c1-24-12-5-3-10-7-13(18(22)23)17(20-14(10)9-12)21-15-8-11(19)4-6-16(15)25-2/h3-9H,1-2H3,(H,20,21)(H,22,23). The number of halogens is 1. The molecule has 0 bridgehead atoms. The van der Waals surface area contributed by atoms with Crippen molar-refractivity contribution in [3.63, 3.8) is 0 Å². The second-order valence-electron chi connectivity index (χ2n) is 5.22. The molecule has 0 saturated heterocycles. The summed E-state index contributed by atoms with van der Waals surface area (Å²) in [5.74, 6) is 0.255. The molecule has 0 amide bonds. The highest BCUT2D eigenvalue weighted by molar-refractivity contribution is 6.31. The molecule has 7 heteroatoms. The Bertz CT molecular complexity index is 959. The van der Waals surface area contributed by atoms with E-state index in [1.807, 2.05) is 0 Å². The summed E-state index contributed by atoms with van der Waals surface area (Å²) >= 11 is 6.03. The summed E-state index contributed by atoms with van der Waals surface area (Å²) in [6, 6.07) is 11.8. The maximum absolute atomic E-state index is 11.6. The summed E-state index contributed by atoms with van der Waals surface area (Å²) in [7, 11) is 3.08. The Balaban J connectivity index is 2.15. The fourth-order valence-electron chi connectivity index (χ4n) is 2.44. The van der Waals surface area contributed by atoms with E-state index in [-0.39, 0.29) is 11.4 Å². The van der Waals surface area contributed by atoms with Crippen molar-refractivity contribution in [2.75, 3.05) is 19.5 Å². The van der Waals surface area contributed by atoms with Crippen LogP contribution < -0.4 is 14.8 Å². The van der Waals surface area contributed by atoms with Gasteiger partial charge in [0, 0.05) is 16.5 Å². The van der Waals surface area contributed by atoms with E-state index in [4.69, 9.17) is 21.1 Å².